The second-order valence-electron chi connectivity index (χ2n) is 5.57. The molecule has 0 aliphatic heterocycles. The molecule has 0 aliphatic carbocycles. The van der Waals surface area contributed by atoms with Crippen molar-refractivity contribution in [3.05, 3.63) is 16.4 Å². The molecule has 4 nitrogen and oxygen atoms in total. The maximum atomic E-state index is 6.22. The average Bonchev–Trinajstić information content (AvgIpc) is 2.53. The average molecular weight is 287 g/mol. The summed E-state index contributed by atoms with van der Waals surface area (Å²) < 4.78 is 1.85. The Bertz CT molecular complexity index is 390. The molecule has 1 rings (SSSR count). The first kappa shape index (κ1) is 16.5. The summed E-state index contributed by atoms with van der Waals surface area (Å²) in [5.74, 6) is 0. The summed E-state index contributed by atoms with van der Waals surface area (Å²) in [6.45, 7) is 13.7. The molecule has 1 aromatic heterocycles. The Balaban J connectivity index is 2.42. The van der Waals surface area contributed by atoms with Crippen molar-refractivity contribution in [3.63, 3.8) is 0 Å². The molecule has 0 radical (unpaired) electrons. The van der Waals surface area contributed by atoms with Crippen LogP contribution in [-0.2, 0) is 13.6 Å². The molecule has 0 aromatic carbocycles. The molecule has 110 valence electrons. The Morgan fingerprint density at radius 3 is 2.26 bits per heavy atom. The predicted molar refractivity (Wildman–Crippen MR) is 81.6 cm³/mol. The molecule has 1 heterocycles. The van der Waals surface area contributed by atoms with Crippen LogP contribution in [-0.4, -0.2) is 39.9 Å². The smallest absolute Gasteiger partial charge is 0.0860 e. The molecule has 0 spiro atoms. The molecular weight excluding hydrogens is 260 g/mol. The van der Waals surface area contributed by atoms with Gasteiger partial charge in [-0.25, -0.2) is 0 Å². The number of aromatic nitrogens is 2. The van der Waals surface area contributed by atoms with E-state index < -0.39 is 0 Å². The predicted octanol–water partition coefficient (Wildman–Crippen LogP) is 2.59. The highest BCUT2D eigenvalue weighted by Crippen LogP contribution is 2.18. The van der Waals surface area contributed by atoms with Crippen LogP contribution in [0.3, 0.4) is 0 Å². The normalized spacial score (nSPS) is 12.1. The first-order chi connectivity index (χ1) is 8.84. The molecule has 1 N–H and O–H groups in total. The van der Waals surface area contributed by atoms with Gasteiger partial charge in [0.05, 0.1) is 16.4 Å². The van der Waals surface area contributed by atoms with Crippen molar-refractivity contribution in [1.82, 2.24) is 20.0 Å². The molecule has 0 atom stereocenters. The zero-order chi connectivity index (χ0) is 14.6. The number of aryl methyl sites for hydroxylation is 2. The molecule has 0 bridgehead atoms. The van der Waals surface area contributed by atoms with Gasteiger partial charge < -0.3 is 5.32 Å². The van der Waals surface area contributed by atoms with E-state index in [0.29, 0.717) is 12.1 Å². The summed E-state index contributed by atoms with van der Waals surface area (Å²) >= 11 is 6.22. The van der Waals surface area contributed by atoms with Gasteiger partial charge in [-0.1, -0.05) is 11.6 Å². The van der Waals surface area contributed by atoms with E-state index in [1.54, 1.807) is 0 Å². The lowest BCUT2D eigenvalue weighted by Crippen LogP contribution is -2.41. The Kier molecular flexibility index (Phi) is 6.30. The highest BCUT2D eigenvalue weighted by molar-refractivity contribution is 6.31. The van der Waals surface area contributed by atoms with Crippen LogP contribution in [0.2, 0.25) is 5.02 Å². The summed E-state index contributed by atoms with van der Waals surface area (Å²) in [6.07, 6.45) is 0. The second-order valence-corrected chi connectivity index (χ2v) is 5.95. The van der Waals surface area contributed by atoms with Crippen LogP contribution in [0, 0.1) is 6.92 Å². The lowest BCUT2D eigenvalue weighted by molar-refractivity contribution is 0.175. The number of hydrogen-bond donors (Lipinski definition) is 1. The lowest BCUT2D eigenvalue weighted by Gasteiger charge is -2.30. The van der Waals surface area contributed by atoms with Crippen LogP contribution >= 0.6 is 11.6 Å². The first-order valence-electron chi connectivity index (χ1n) is 6.99. The van der Waals surface area contributed by atoms with Gasteiger partial charge in [0.25, 0.3) is 0 Å². The molecule has 0 fully saturated rings. The summed E-state index contributed by atoms with van der Waals surface area (Å²) in [5, 5.41) is 8.54. The maximum absolute atomic E-state index is 6.22. The van der Waals surface area contributed by atoms with E-state index in [-0.39, 0.29) is 0 Å². The number of nitrogens with zero attached hydrogens (tertiary/aromatic N) is 3. The van der Waals surface area contributed by atoms with E-state index in [9.17, 15) is 0 Å². The standard InChI is InChI=1S/C14H27ClN4/c1-10(2)19(11(3)4)8-7-16-9-13-14(15)12(5)17-18(13)6/h10-11,16H,7-9H2,1-6H3. The van der Waals surface area contributed by atoms with Crippen molar-refractivity contribution >= 4 is 11.6 Å². The Hall–Kier alpha value is -0.580. The molecule has 0 saturated carbocycles. The second kappa shape index (κ2) is 7.27. The van der Waals surface area contributed by atoms with Gasteiger partial charge in [0.2, 0.25) is 0 Å². The highest BCUT2D eigenvalue weighted by atomic mass is 35.5. The zero-order valence-electron chi connectivity index (χ0n) is 13.0. The third-order valence-corrected chi connectivity index (χ3v) is 3.92. The molecule has 0 amide bonds. The van der Waals surface area contributed by atoms with Crippen molar-refractivity contribution in [2.24, 2.45) is 7.05 Å². The van der Waals surface area contributed by atoms with E-state index in [1.165, 1.54) is 0 Å². The summed E-state index contributed by atoms with van der Waals surface area (Å²) in [4.78, 5) is 2.48. The molecule has 1 aromatic rings. The van der Waals surface area contributed by atoms with Gasteiger partial charge in [0.15, 0.2) is 0 Å². The minimum absolute atomic E-state index is 0.573. The third kappa shape index (κ3) is 4.48. The minimum atomic E-state index is 0.573. The van der Waals surface area contributed by atoms with Crippen molar-refractivity contribution in [2.75, 3.05) is 13.1 Å². The molecular formula is C14H27ClN4. The summed E-state index contributed by atoms with van der Waals surface area (Å²) in [6, 6.07) is 1.15. The van der Waals surface area contributed by atoms with Crippen LogP contribution in [0.15, 0.2) is 0 Å². The fraction of sp³-hybridized carbons (Fsp3) is 0.786. The Morgan fingerprint density at radius 2 is 1.84 bits per heavy atom. The quantitative estimate of drug-likeness (QED) is 0.782. The van der Waals surface area contributed by atoms with Gasteiger partial charge in [-0.05, 0) is 34.6 Å². The number of nitrogens with one attached hydrogen (secondary N) is 1. The molecule has 5 heteroatoms. The first-order valence-corrected chi connectivity index (χ1v) is 7.36. The van der Waals surface area contributed by atoms with Gasteiger partial charge >= 0.3 is 0 Å². The maximum Gasteiger partial charge on any atom is 0.0860 e. The van der Waals surface area contributed by atoms with Gasteiger partial charge in [-0.3, -0.25) is 9.58 Å². The monoisotopic (exact) mass is 286 g/mol. The van der Waals surface area contributed by atoms with E-state index in [4.69, 9.17) is 11.6 Å². The van der Waals surface area contributed by atoms with Gasteiger partial charge in [-0.15, -0.1) is 0 Å². The van der Waals surface area contributed by atoms with Crippen molar-refractivity contribution in [2.45, 2.75) is 53.2 Å². The Labute approximate surface area is 122 Å². The van der Waals surface area contributed by atoms with Gasteiger partial charge in [0, 0.05) is 38.8 Å². The minimum Gasteiger partial charge on any atom is -0.310 e. The molecule has 0 unspecified atom stereocenters. The molecule has 0 saturated heterocycles. The van der Waals surface area contributed by atoms with E-state index >= 15 is 0 Å². The van der Waals surface area contributed by atoms with Crippen LogP contribution in [0.1, 0.15) is 39.1 Å². The number of hydrogen-bond acceptors (Lipinski definition) is 3. The Morgan fingerprint density at radius 1 is 1.26 bits per heavy atom. The van der Waals surface area contributed by atoms with Crippen molar-refractivity contribution in [3.8, 4) is 0 Å². The fourth-order valence-electron chi connectivity index (χ4n) is 2.40. The topological polar surface area (TPSA) is 33.1 Å². The third-order valence-electron chi connectivity index (χ3n) is 3.43. The van der Waals surface area contributed by atoms with E-state index in [2.05, 4.69) is 43.0 Å². The summed E-state index contributed by atoms with van der Waals surface area (Å²) in [5.41, 5.74) is 1.95. The van der Waals surface area contributed by atoms with Crippen LogP contribution in [0.5, 0.6) is 0 Å². The summed E-state index contributed by atoms with van der Waals surface area (Å²) in [7, 11) is 1.93. The van der Waals surface area contributed by atoms with Crippen molar-refractivity contribution < 1.29 is 0 Å². The zero-order valence-corrected chi connectivity index (χ0v) is 13.8. The lowest BCUT2D eigenvalue weighted by atomic mass is 10.2. The number of halogens is 1. The SMILES string of the molecule is Cc1nn(C)c(CNCCN(C(C)C)C(C)C)c1Cl. The van der Waals surface area contributed by atoms with Gasteiger partial charge in [0.1, 0.15) is 0 Å². The fourth-order valence-corrected chi connectivity index (χ4v) is 2.63. The van der Waals surface area contributed by atoms with Crippen LogP contribution in [0.4, 0.5) is 0 Å². The largest absolute Gasteiger partial charge is 0.310 e. The van der Waals surface area contributed by atoms with E-state index in [1.807, 2.05) is 18.7 Å². The van der Waals surface area contributed by atoms with E-state index in [0.717, 1.165) is 36.0 Å². The van der Waals surface area contributed by atoms with Crippen LogP contribution in [0.25, 0.3) is 0 Å². The van der Waals surface area contributed by atoms with Crippen LogP contribution < -0.4 is 5.32 Å². The molecule has 19 heavy (non-hydrogen) atoms. The van der Waals surface area contributed by atoms with Gasteiger partial charge in [-0.2, -0.15) is 5.10 Å². The number of rotatable bonds is 7. The molecule has 0 aliphatic rings. The van der Waals surface area contributed by atoms with Crippen molar-refractivity contribution in [1.29, 1.82) is 0 Å². The highest BCUT2D eigenvalue weighted by Gasteiger charge is 2.13.